The van der Waals surface area contributed by atoms with E-state index in [0.717, 1.165) is 0 Å². The third-order valence-corrected chi connectivity index (χ3v) is 4.86. The largest absolute Gasteiger partial charge is 0.456 e. The molecule has 0 fully saturated rings. The van der Waals surface area contributed by atoms with Gasteiger partial charge in [0.1, 0.15) is 11.5 Å². The summed E-state index contributed by atoms with van der Waals surface area (Å²) in [6.45, 7) is 1.83. The predicted octanol–water partition coefficient (Wildman–Crippen LogP) is 5.57. The predicted molar refractivity (Wildman–Crippen MR) is 84.9 cm³/mol. The van der Waals surface area contributed by atoms with Crippen LogP contribution in [-0.2, 0) is 10.8 Å². The monoisotopic (exact) mass is 348 g/mol. The zero-order valence-electron chi connectivity index (χ0n) is 10.5. The van der Waals surface area contributed by atoms with Crippen LogP contribution in [0.4, 0.5) is 0 Å². The van der Waals surface area contributed by atoms with Crippen LogP contribution in [0.2, 0.25) is 15.1 Å². The second-order valence-corrected chi connectivity index (χ2v) is 6.86. The molecule has 0 radical (unpaired) electrons. The third kappa shape index (κ3) is 3.67. The molecule has 0 saturated carbocycles. The van der Waals surface area contributed by atoms with Crippen LogP contribution in [0, 0.1) is 0 Å². The van der Waals surface area contributed by atoms with E-state index in [0.29, 0.717) is 37.2 Å². The lowest BCUT2D eigenvalue weighted by atomic mass is 10.3. The molecule has 0 aromatic heterocycles. The molecule has 20 heavy (non-hydrogen) atoms. The molecule has 2 nitrogen and oxygen atoms in total. The average Bonchev–Trinajstić information content (AvgIpc) is 2.43. The Morgan fingerprint density at radius 2 is 1.80 bits per heavy atom. The number of benzene rings is 2. The Kier molecular flexibility index (Phi) is 5.33. The van der Waals surface area contributed by atoms with E-state index in [4.69, 9.17) is 39.5 Å². The molecule has 2 rings (SSSR count). The first-order chi connectivity index (χ1) is 9.51. The minimum absolute atomic E-state index is 0.408. The van der Waals surface area contributed by atoms with Crippen molar-refractivity contribution in [1.82, 2.24) is 0 Å². The van der Waals surface area contributed by atoms with Crippen molar-refractivity contribution in [2.24, 2.45) is 0 Å². The zero-order valence-corrected chi connectivity index (χ0v) is 13.6. The van der Waals surface area contributed by atoms with Crippen LogP contribution in [0.3, 0.4) is 0 Å². The molecular weight excluding hydrogens is 339 g/mol. The van der Waals surface area contributed by atoms with E-state index in [1.807, 2.05) is 6.92 Å². The second kappa shape index (κ2) is 6.81. The zero-order chi connectivity index (χ0) is 14.7. The Morgan fingerprint density at radius 1 is 1.05 bits per heavy atom. The van der Waals surface area contributed by atoms with Crippen molar-refractivity contribution in [1.29, 1.82) is 0 Å². The van der Waals surface area contributed by atoms with Crippen LogP contribution in [0.15, 0.2) is 41.3 Å². The quantitative estimate of drug-likeness (QED) is 0.721. The average molecular weight is 350 g/mol. The van der Waals surface area contributed by atoms with Crippen molar-refractivity contribution in [2.75, 3.05) is 5.75 Å². The fourth-order valence-electron chi connectivity index (χ4n) is 1.56. The lowest BCUT2D eigenvalue weighted by Gasteiger charge is -2.10. The molecule has 0 amide bonds. The normalized spacial score (nSPS) is 12.2. The maximum absolute atomic E-state index is 11.9. The molecule has 0 aliphatic rings. The topological polar surface area (TPSA) is 26.3 Å². The van der Waals surface area contributed by atoms with Crippen LogP contribution >= 0.6 is 34.8 Å². The SMILES string of the molecule is CCS(=O)c1cc(Oc2ccc(Cl)cc2Cl)ccc1Cl. The van der Waals surface area contributed by atoms with Gasteiger partial charge in [-0.3, -0.25) is 4.21 Å². The Labute approximate surface area is 135 Å². The number of halogens is 3. The maximum Gasteiger partial charge on any atom is 0.146 e. The minimum Gasteiger partial charge on any atom is -0.456 e. The molecule has 0 saturated heterocycles. The second-order valence-electron chi connectivity index (χ2n) is 3.90. The van der Waals surface area contributed by atoms with Crippen molar-refractivity contribution in [3.8, 4) is 11.5 Å². The minimum atomic E-state index is -1.15. The summed E-state index contributed by atoms with van der Waals surface area (Å²) in [4.78, 5) is 0.553. The van der Waals surface area contributed by atoms with Gasteiger partial charge in [0.25, 0.3) is 0 Å². The summed E-state index contributed by atoms with van der Waals surface area (Å²) < 4.78 is 17.5. The van der Waals surface area contributed by atoms with E-state index in [1.165, 1.54) is 0 Å². The summed E-state index contributed by atoms with van der Waals surface area (Å²) in [5.41, 5.74) is 0. The molecule has 1 unspecified atom stereocenters. The van der Waals surface area contributed by atoms with Gasteiger partial charge < -0.3 is 4.74 Å². The number of rotatable bonds is 4. The summed E-state index contributed by atoms with van der Waals surface area (Å²) in [5.74, 6) is 1.49. The van der Waals surface area contributed by atoms with Gasteiger partial charge in [-0.2, -0.15) is 0 Å². The van der Waals surface area contributed by atoms with Crippen molar-refractivity contribution in [2.45, 2.75) is 11.8 Å². The molecule has 1 atom stereocenters. The van der Waals surface area contributed by atoms with Crippen LogP contribution in [0.1, 0.15) is 6.92 Å². The highest BCUT2D eigenvalue weighted by molar-refractivity contribution is 7.85. The highest BCUT2D eigenvalue weighted by Gasteiger charge is 2.10. The van der Waals surface area contributed by atoms with Crippen molar-refractivity contribution in [3.63, 3.8) is 0 Å². The fraction of sp³-hybridized carbons (Fsp3) is 0.143. The maximum atomic E-state index is 11.9. The Balaban J connectivity index is 2.32. The van der Waals surface area contributed by atoms with Crippen LogP contribution in [0.25, 0.3) is 0 Å². The Morgan fingerprint density at radius 3 is 2.45 bits per heavy atom. The highest BCUT2D eigenvalue weighted by atomic mass is 35.5. The first-order valence-corrected chi connectivity index (χ1v) is 8.27. The summed E-state index contributed by atoms with van der Waals surface area (Å²) >= 11 is 17.9. The fourth-order valence-corrected chi connectivity index (χ4v) is 3.23. The summed E-state index contributed by atoms with van der Waals surface area (Å²) in [6, 6.07) is 9.97. The lowest BCUT2D eigenvalue weighted by Crippen LogP contribution is -1.96. The molecule has 106 valence electrons. The van der Waals surface area contributed by atoms with Crippen LogP contribution in [0.5, 0.6) is 11.5 Å². The van der Waals surface area contributed by atoms with Gasteiger partial charge in [-0.15, -0.1) is 0 Å². The Bertz CT molecular complexity index is 659. The van der Waals surface area contributed by atoms with Crippen molar-refractivity contribution < 1.29 is 8.95 Å². The van der Waals surface area contributed by atoms with Crippen molar-refractivity contribution in [3.05, 3.63) is 51.5 Å². The number of hydrogen-bond acceptors (Lipinski definition) is 2. The first kappa shape index (κ1) is 15.6. The van der Waals surface area contributed by atoms with Crippen LogP contribution in [-0.4, -0.2) is 9.96 Å². The van der Waals surface area contributed by atoms with Gasteiger partial charge >= 0.3 is 0 Å². The van der Waals surface area contributed by atoms with Gasteiger partial charge in [-0.1, -0.05) is 41.7 Å². The summed E-state index contributed by atoms with van der Waals surface area (Å²) in [5, 5.41) is 1.40. The van der Waals surface area contributed by atoms with E-state index in [9.17, 15) is 4.21 Å². The van der Waals surface area contributed by atoms with Gasteiger partial charge in [-0.25, -0.2) is 0 Å². The highest BCUT2D eigenvalue weighted by Crippen LogP contribution is 2.33. The molecule has 2 aromatic carbocycles. The smallest absolute Gasteiger partial charge is 0.146 e. The molecule has 6 heteroatoms. The van der Waals surface area contributed by atoms with Crippen LogP contribution < -0.4 is 4.74 Å². The molecule has 2 aromatic rings. The molecule has 0 N–H and O–H groups in total. The summed E-state index contributed by atoms with van der Waals surface area (Å²) in [6.07, 6.45) is 0. The van der Waals surface area contributed by atoms with Gasteiger partial charge in [-0.05, 0) is 36.4 Å². The van der Waals surface area contributed by atoms with Gasteiger partial charge in [0.15, 0.2) is 0 Å². The Hall–Kier alpha value is -0.740. The lowest BCUT2D eigenvalue weighted by molar-refractivity contribution is 0.481. The summed E-state index contributed by atoms with van der Waals surface area (Å²) in [7, 11) is -1.15. The standard InChI is InChI=1S/C14H11Cl3O2S/c1-2-20(18)14-8-10(4-5-11(14)16)19-13-6-3-9(15)7-12(13)17/h3-8H,2H2,1H3. The first-order valence-electron chi connectivity index (χ1n) is 5.82. The van der Waals surface area contributed by atoms with Gasteiger partial charge in [0.05, 0.1) is 25.7 Å². The van der Waals surface area contributed by atoms with E-state index in [2.05, 4.69) is 0 Å². The van der Waals surface area contributed by atoms with Gasteiger partial charge in [0.2, 0.25) is 0 Å². The van der Waals surface area contributed by atoms with E-state index in [1.54, 1.807) is 36.4 Å². The molecule has 0 aliphatic carbocycles. The number of ether oxygens (including phenoxy) is 1. The van der Waals surface area contributed by atoms with Gasteiger partial charge in [0, 0.05) is 10.8 Å². The van der Waals surface area contributed by atoms with E-state index < -0.39 is 10.8 Å². The number of hydrogen-bond donors (Lipinski definition) is 0. The molecule has 0 spiro atoms. The molecule has 0 heterocycles. The third-order valence-electron chi connectivity index (χ3n) is 2.53. The molecule has 0 aliphatic heterocycles. The molecule has 0 bridgehead atoms. The van der Waals surface area contributed by atoms with E-state index in [-0.39, 0.29) is 0 Å². The molecular formula is C14H11Cl3O2S. The van der Waals surface area contributed by atoms with E-state index >= 15 is 0 Å². The van der Waals surface area contributed by atoms with Crippen molar-refractivity contribution >= 4 is 45.6 Å².